The highest BCUT2D eigenvalue weighted by atomic mass is 14.4. The van der Waals surface area contributed by atoms with Crippen LogP contribution in [-0.2, 0) is 10.8 Å². The van der Waals surface area contributed by atoms with Gasteiger partial charge < -0.3 is 0 Å². The molecule has 1 aromatic carbocycles. The molecule has 0 nitrogen and oxygen atoms in total. The molecule has 0 saturated heterocycles. The van der Waals surface area contributed by atoms with Gasteiger partial charge in [0.15, 0.2) is 0 Å². The molecule has 0 amide bonds. The van der Waals surface area contributed by atoms with E-state index in [1.54, 1.807) is 16.7 Å². The van der Waals surface area contributed by atoms with E-state index in [1.165, 1.54) is 44.1 Å². The van der Waals surface area contributed by atoms with Crippen LogP contribution in [0.15, 0.2) is 24.3 Å². The molecular formula is C20H28. The maximum absolute atomic E-state index is 2.51. The maximum atomic E-state index is 2.51. The summed E-state index contributed by atoms with van der Waals surface area (Å²) >= 11 is 0. The van der Waals surface area contributed by atoms with Gasteiger partial charge in [0.1, 0.15) is 0 Å². The molecule has 3 rings (SSSR count). The average Bonchev–Trinajstić information content (AvgIpc) is 2.45. The van der Waals surface area contributed by atoms with E-state index in [4.69, 9.17) is 0 Å². The van der Waals surface area contributed by atoms with Crippen molar-refractivity contribution >= 4 is 5.57 Å². The monoisotopic (exact) mass is 268 g/mol. The zero-order chi connectivity index (χ0) is 14.4. The van der Waals surface area contributed by atoms with E-state index in [-0.39, 0.29) is 0 Å². The minimum Gasteiger partial charge on any atom is -0.0807 e. The van der Waals surface area contributed by atoms with Crippen LogP contribution in [0, 0.1) is 0 Å². The number of rotatable bonds is 1. The molecule has 108 valence electrons. The largest absolute Gasteiger partial charge is 0.0807 e. The Labute approximate surface area is 124 Å². The number of hydrogen-bond acceptors (Lipinski definition) is 0. The first-order valence-electron chi connectivity index (χ1n) is 8.25. The Hall–Kier alpha value is -1.04. The van der Waals surface area contributed by atoms with E-state index in [9.17, 15) is 0 Å². The lowest BCUT2D eigenvalue weighted by Crippen LogP contribution is -2.33. The van der Waals surface area contributed by atoms with E-state index < -0.39 is 0 Å². The lowest BCUT2D eigenvalue weighted by Gasteiger charge is -2.42. The molecule has 0 heteroatoms. The fourth-order valence-corrected chi connectivity index (χ4v) is 3.89. The van der Waals surface area contributed by atoms with Crippen molar-refractivity contribution in [2.24, 2.45) is 0 Å². The number of fused-ring (bicyclic) bond motifs is 1. The molecule has 0 unspecified atom stereocenters. The van der Waals surface area contributed by atoms with Crippen LogP contribution in [0.2, 0.25) is 0 Å². The fraction of sp³-hybridized carbons (Fsp3) is 0.600. The van der Waals surface area contributed by atoms with E-state index in [0.29, 0.717) is 10.8 Å². The van der Waals surface area contributed by atoms with Gasteiger partial charge in [-0.25, -0.2) is 0 Å². The first kappa shape index (κ1) is 13.9. The van der Waals surface area contributed by atoms with Gasteiger partial charge in [-0.15, -0.1) is 0 Å². The van der Waals surface area contributed by atoms with Gasteiger partial charge in [0, 0.05) is 0 Å². The third-order valence-corrected chi connectivity index (χ3v) is 5.51. The summed E-state index contributed by atoms with van der Waals surface area (Å²) in [6.07, 6.45) is 10.3. The summed E-state index contributed by atoms with van der Waals surface area (Å²) in [6, 6.07) is 7.30. The Morgan fingerprint density at radius 3 is 2.20 bits per heavy atom. The molecule has 0 fully saturated rings. The summed E-state index contributed by atoms with van der Waals surface area (Å²) in [4.78, 5) is 0. The summed E-state index contributed by atoms with van der Waals surface area (Å²) in [6.45, 7) is 9.64. The molecule has 0 bridgehead atoms. The Morgan fingerprint density at radius 1 is 0.850 bits per heavy atom. The molecule has 0 spiro atoms. The molecule has 0 aliphatic heterocycles. The van der Waals surface area contributed by atoms with E-state index in [2.05, 4.69) is 52.0 Å². The van der Waals surface area contributed by atoms with Crippen LogP contribution in [0.1, 0.15) is 82.9 Å². The topological polar surface area (TPSA) is 0 Å². The van der Waals surface area contributed by atoms with Crippen LogP contribution in [-0.4, -0.2) is 0 Å². The quantitative estimate of drug-likeness (QED) is 0.586. The molecule has 20 heavy (non-hydrogen) atoms. The molecule has 0 radical (unpaired) electrons. The minimum atomic E-state index is 0.329. The molecule has 0 aromatic heterocycles. The van der Waals surface area contributed by atoms with Gasteiger partial charge in [-0.1, -0.05) is 52.0 Å². The predicted octanol–water partition coefficient (Wildman–Crippen LogP) is 5.99. The fourth-order valence-electron chi connectivity index (χ4n) is 3.89. The average molecular weight is 268 g/mol. The lowest BCUT2D eigenvalue weighted by molar-refractivity contribution is 0.332. The molecule has 0 atom stereocenters. The number of allylic oxidation sites excluding steroid dienone is 2. The first-order valence-corrected chi connectivity index (χ1v) is 8.25. The Balaban J connectivity index is 2.08. The molecule has 0 saturated carbocycles. The molecule has 0 N–H and O–H groups in total. The van der Waals surface area contributed by atoms with Crippen molar-refractivity contribution in [2.75, 3.05) is 0 Å². The summed E-state index contributed by atoms with van der Waals surface area (Å²) in [5.41, 5.74) is 6.90. The zero-order valence-electron chi connectivity index (χ0n) is 13.6. The SMILES string of the molecule is CC1(C)CCC(C)(C)c2cc(C3=CCCCC3)ccc21. The number of hydrogen-bond donors (Lipinski definition) is 0. The van der Waals surface area contributed by atoms with Gasteiger partial charge in [0.2, 0.25) is 0 Å². The first-order chi connectivity index (χ1) is 9.40. The Morgan fingerprint density at radius 2 is 1.55 bits per heavy atom. The van der Waals surface area contributed by atoms with Crippen molar-refractivity contribution in [3.8, 4) is 0 Å². The van der Waals surface area contributed by atoms with Crippen LogP contribution in [0.4, 0.5) is 0 Å². The van der Waals surface area contributed by atoms with Crippen molar-refractivity contribution in [2.45, 2.75) is 77.0 Å². The Bertz CT molecular complexity index is 543. The summed E-state index contributed by atoms with van der Waals surface area (Å²) < 4.78 is 0. The van der Waals surface area contributed by atoms with Crippen LogP contribution in [0.3, 0.4) is 0 Å². The minimum absolute atomic E-state index is 0.329. The van der Waals surface area contributed by atoms with Gasteiger partial charge in [-0.05, 0) is 71.6 Å². The van der Waals surface area contributed by atoms with Crippen molar-refractivity contribution < 1.29 is 0 Å². The highest BCUT2D eigenvalue weighted by Crippen LogP contribution is 2.46. The second-order valence-corrected chi connectivity index (χ2v) is 8.00. The summed E-state index contributed by atoms with van der Waals surface area (Å²) in [5, 5.41) is 0. The van der Waals surface area contributed by atoms with Crippen LogP contribution in [0.5, 0.6) is 0 Å². The summed E-state index contributed by atoms with van der Waals surface area (Å²) in [5.74, 6) is 0. The predicted molar refractivity (Wildman–Crippen MR) is 88.2 cm³/mol. The van der Waals surface area contributed by atoms with E-state index in [0.717, 1.165) is 0 Å². The third kappa shape index (κ3) is 2.34. The van der Waals surface area contributed by atoms with Gasteiger partial charge in [-0.2, -0.15) is 0 Å². The van der Waals surface area contributed by atoms with Crippen molar-refractivity contribution in [3.05, 3.63) is 41.0 Å². The smallest absolute Gasteiger partial charge is 0.0100 e. The number of benzene rings is 1. The molecule has 1 aromatic rings. The van der Waals surface area contributed by atoms with Gasteiger partial charge >= 0.3 is 0 Å². The van der Waals surface area contributed by atoms with Crippen molar-refractivity contribution in [1.82, 2.24) is 0 Å². The van der Waals surface area contributed by atoms with Crippen molar-refractivity contribution in [1.29, 1.82) is 0 Å². The Kier molecular flexibility index (Phi) is 3.31. The third-order valence-electron chi connectivity index (χ3n) is 5.51. The van der Waals surface area contributed by atoms with Gasteiger partial charge in [-0.3, -0.25) is 0 Å². The van der Waals surface area contributed by atoms with Crippen LogP contribution >= 0.6 is 0 Å². The van der Waals surface area contributed by atoms with Gasteiger partial charge in [0.05, 0.1) is 0 Å². The zero-order valence-corrected chi connectivity index (χ0v) is 13.6. The normalized spacial score (nSPS) is 23.9. The van der Waals surface area contributed by atoms with E-state index >= 15 is 0 Å². The molecule has 0 heterocycles. The van der Waals surface area contributed by atoms with Crippen LogP contribution in [0.25, 0.3) is 5.57 Å². The van der Waals surface area contributed by atoms with E-state index in [1.807, 2.05) is 0 Å². The lowest BCUT2D eigenvalue weighted by atomic mass is 9.63. The standard InChI is InChI=1S/C20H28/c1-19(2)12-13-20(3,4)18-14-16(10-11-17(18)19)15-8-6-5-7-9-15/h8,10-11,14H,5-7,9,12-13H2,1-4H3. The van der Waals surface area contributed by atoms with Crippen LogP contribution < -0.4 is 0 Å². The van der Waals surface area contributed by atoms with Gasteiger partial charge in [0.25, 0.3) is 0 Å². The second kappa shape index (κ2) is 4.76. The summed E-state index contributed by atoms with van der Waals surface area (Å²) in [7, 11) is 0. The maximum Gasteiger partial charge on any atom is -0.0100 e. The molecular weight excluding hydrogens is 240 g/mol. The molecule has 2 aliphatic carbocycles. The highest BCUT2D eigenvalue weighted by molar-refractivity contribution is 5.68. The highest BCUT2D eigenvalue weighted by Gasteiger charge is 2.36. The van der Waals surface area contributed by atoms with Crippen molar-refractivity contribution in [3.63, 3.8) is 0 Å². The second-order valence-electron chi connectivity index (χ2n) is 8.00. The molecule has 2 aliphatic rings.